The molecule has 7 heteroatoms. The molecule has 1 aromatic rings. The molecular formula is C7H6Cl2O4S. The van der Waals surface area contributed by atoms with Crippen LogP contribution in [0.4, 0.5) is 0 Å². The topological polar surface area (TPSA) is 74.6 Å². The first-order chi connectivity index (χ1) is 6.31. The van der Waals surface area contributed by atoms with E-state index in [0.29, 0.717) is 0 Å². The first-order valence-electron chi connectivity index (χ1n) is 3.43. The average Bonchev–Trinajstić information content (AvgIpc) is 2.04. The lowest BCUT2D eigenvalue weighted by Gasteiger charge is -2.06. The van der Waals surface area contributed by atoms with Crippen LogP contribution in [0.25, 0.3) is 0 Å². The molecule has 0 fully saturated rings. The number of rotatable bonds is 2. The summed E-state index contributed by atoms with van der Waals surface area (Å²) in [6, 6.07) is 2.43. The maximum absolute atomic E-state index is 10.7. The van der Waals surface area contributed by atoms with Crippen molar-refractivity contribution >= 4 is 31.3 Å². The van der Waals surface area contributed by atoms with Crippen LogP contribution >= 0.6 is 22.3 Å². The van der Waals surface area contributed by atoms with Gasteiger partial charge in [0.1, 0.15) is 0 Å². The van der Waals surface area contributed by atoms with Crippen molar-refractivity contribution in [3.05, 3.63) is 22.7 Å². The lowest BCUT2D eigenvalue weighted by molar-refractivity contribution is 0.400. The smallest absolute Gasteiger partial charge is 0.236 e. The van der Waals surface area contributed by atoms with Gasteiger partial charge in [0, 0.05) is 21.3 Å². The van der Waals surface area contributed by atoms with Crippen molar-refractivity contribution in [1.82, 2.24) is 0 Å². The zero-order valence-electron chi connectivity index (χ0n) is 6.74. The van der Waals surface area contributed by atoms with Crippen LogP contribution in [0, 0.1) is 0 Å². The zero-order chi connectivity index (χ0) is 10.9. The van der Waals surface area contributed by atoms with Crippen molar-refractivity contribution in [2.75, 3.05) is 0 Å². The average molecular weight is 257 g/mol. The van der Waals surface area contributed by atoms with E-state index in [2.05, 4.69) is 0 Å². The molecule has 0 saturated carbocycles. The molecular weight excluding hydrogens is 251 g/mol. The van der Waals surface area contributed by atoms with E-state index < -0.39 is 26.3 Å². The van der Waals surface area contributed by atoms with Crippen molar-refractivity contribution in [3.63, 3.8) is 0 Å². The van der Waals surface area contributed by atoms with Crippen molar-refractivity contribution in [2.24, 2.45) is 0 Å². The second-order valence-corrected chi connectivity index (χ2v) is 5.76. The molecule has 78 valence electrons. The van der Waals surface area contributed by atoms with Gasteiger partial charge in [-0.1, -0.05) is 11.6 Å². The molecule has 0 aromatic heterocycles. The molecule has 0 amide bonds. The summed E-state index contributed by atoms with van der Waals surface area (Å²) in [6.45, 7) is 0. The van der Waals surface area contributed by atoms with Gasteiger partial charge in [-0.25, -0.2) is 8.42 Å². The van der Waals surface area contributed by atoms with Gasteiger partial charge in [-0.3, -0.25) is 0 Å². The molecule has 0 saturated heterocycles. The molecule has 14 heavy (non-hydrogen) atoms. The van der Waals surface area contributed by atoms with Gasteiger partial charge in [0.2, 0.25) is 9.05 Å². The van der Waals surface area contributed by atoms with Gasteiger partial charge in [0.05, 0.1) is 5.75 Å². The fourth-order valence-corrected chi connectivity index (χ4v) is 2.17. The van der Waals surface area contributed by atoms with E-state index >= 15 is 0 Å². The van der Waals surface area contributed by atoms with Gasteiger partial charge < -0.3 is 10.2 Å². The van der Waals surface area contributed by atoms with Crippen molar-refractivity contribution < 1.29 is 18.6 Å². The van der Waals surface area contributed by atoms with Crippen LogP contribution in [-0.2, 0) is 14.8 Å². The van der Waals surface area contributed by atoms with Gasteiger partial charge in [-0.2, -0.15) is 0 Å². The van der Waals surface area contributed by atoms with E-state index in [0.717, 1.165) is 6.07 Å². The summed E-state index contributed by atoms with van der Waals surface area (Å²) in [6.07, 6.45) is 0. The molecule has 0 unspecified atom stereocenters. The summed E-state index contributed by atoms with van der Waals surface area (Å²) < 4.78 is 21.5. The normalized spacial score (nSPS) is 11.6. The molecule has 0 aliphatic heterocycles. The van der Waals surface area contributed by atoms with Gasteiger partial charge in [-0.05, 0) is 12.1 Å². The third-order valence-electron chi connectivity index (χ3n) is 1.52. The van der Waals surface area contributed by atoms with Crippen LogP contribution in [0.2, 0.25) is 5.02 Å². The summed E-state index contributed by atoms with van der Waals surface area (Å²) in [5, 5.41) is 18.4. The molecule has 0 bridgehead atoms. The third kappa shape index (κ3) is 2.67. The second-order valence-electron chi connectivity index (χ2n) is 2.58. The Balaban J connectivity index is 3.27. The number of halogens is 2. The van der Waals surface area contributed by atoms with Gasteiger partial charge >= 0.3 is 0 Å². The van der Waals surface area contributed by atoms with Gasteiger partial charge in [0.25, 0.3) is 0 Å². The van der Waals surface area contributed by atoms with Crippen LogP contribution in [0.15, 0.2) is 12.1 Å². The minimum absolute atomic E-state index is 0.0320. The van der Waals surface area contributed by atoms with Crippen LogP contribution in [0.3, 0.4) is 0 Å². The van der Waals surface area contributed by atoms with Crippen LogP contribution in [0.1, 0.15) is 5.56 Å². The highest BCUT2D eigenvalue weighted by atomic mass is 35.7. The van der Waals surface area contributed by atoms with Crippen molar-refractivity contribution in [2.45, 2.75) is 5.75 Å². The predicted octanol–water partition coefficient (Wildman–Crippen LogP) is 1.82. The Morgan fingerprint density at radius 1 is 1.29 bits per heavy atom. The summed E-state index contributed by atoms with van der Waals surface area (Å²) in [7, 11) is 1.16. The van der Waals surface area contributed by atoms with E-state index in [1.807, 2.05) is 0 Å². The number of hydrogen-bond donors (Lipinski definition) is 2. The maximum Gasteiger partial charge on any atom is 0.236 e. The van der Waals surface area contributed by atoms with Gasteiger partial charge in [-0.15, -0.1) is 0 Å². The van der Waals surface area contributed by atoms with Crippen LogP contribution in [-0.4, -0.2) is 18.6 Å². The van der Waals surface area contributed by atoms with E-state index in [9.17, 15) is 13.5 Å². The summed E-state index contributed by atoms with van der Waals surface area (Å²) in [5.41, 5.74) is -0.110. The number of aromatic hydroxyl groups is 2. The fraction of sp³-hybridized carbons (Fsp3) is 0.143. The van der Waals surface area contributed by atoms with E-state index in [1.54, 1.807) is 0 Å². The maximum atomic E-state index is 10.7. The van der Waals surface area contributed by atoms with Crippen molar-refractivity contribution in [1.29, 1.82) is 0 Å². The Morgan fingerprint density at radius 2 is 1.86 bits per heavy atom. The Kier molecular flexibility index (Phi) is 3.14. The molecule has 0 spiro atoms. The summed E-state index contributed by atoms with van der Waals surface area (Å²) >= 11 is 5.61. The minimum atomic E-state index is -3.82. The minimum Gasteiger partial charge on any atom is -0.504 e. The largest absolute Gasteiger partial charge is 0.504 e. The highest BCUT2D eigenvalue weighted by molar-refractivity contribution is 8.13. The first kappa shape index (κ1) is 11.4. The summed E-state index contributed by atoms with van der Waals surface area (Å²) in [4.78, 5) is 0. The summed E-state index contributed by atoms with van der Waals surface area (Å²) in [5.74, 6) is -1.64. The molecule has 0 heterocycles. The zero-order valence-corrected chi connectivity index (χ0v) is 9.07. The Hall–Kier alpha value is -0.650. The highest BCUT2D eigenvalue weighted by Gasteiger charge is 2.17. The quantitative estimate of drug-likeness (QED) is 0.626. The SMILES string of the molecule is O=S(=O)(Cl)Cc1c(Cl)ccc(O)c1O. The number of hydrogen-bond acceptors (Lipinski definition) is 4. The number of phenols is 2. The molecule has 0 radical (unpaired) electrons. The number of benzene rings is 1. The lowest BCUT2D eigenvalue weighted by Crippen LogP contribution is -1.96. The lowest BCUT2D eigenvalue weighted by atomic mass is 10.2. The highest BCUT2D eigenvalue weighted by Crippen LogP contribution is 2.35. The predicted molar refractivity (Wildman–Crippen MR) is 53.3 cm³/mol. The monoisotopic (exact) mass is 256 g/mol. The molecule has 1 aromatic carbocycles. The molecule has 0 aliphatic rings. The Labute approximate surface area is 90.1 Å². The molecule has 2 N–H and O–H groups in total. The van der Waals surface area contributed by atoms with E-state index in [-0.39, 0.29) is 10.6 Å². The van der Waals surface area contributed by atoms with Crippen molar-refractivity contribution in [3.8, 4) is 11.5 Å². The molecule has 0 atom stereocenters. The second kappa shape index (κ2) is 3.84. The Morgan fingerprint density at radius 3 is 2.36 bits per heavy atom. The van der Waals surface area contributed by atoms with Crippen LogP contribution < -0.4 is 0 Å². The fourth-order valence-electron chi connectivity index (χ4n) is 0.909. The van der Waals surface area contributed by atoms with E-state index in [4.69, 9.17) is 27.4 Å². The molecule has 0 aliphatic carbocycles. The molecule has 4 nitrogen and oxygen atoms in total. The number of phenolic OH excluding ortho intramolecular Hbond substituents is 2. The Bertz CT molecular complexity index is 455. The van der Waals surface area contributed by atoms with E-state index in [1.165, 1.54) is 6.07 Å². The standard InChI is InChI=1S/C7H6Cl2O4S/c8-5-1-2-6(10)7(11)4(5)3-14(9,12)13/h1-2,10-11H,3H2. The van der Waals surface area contributed by atoms with Gasteiger partial charge in [0.15, 0.2) is 11.5 Å². The molecule has 1 rings (SSSR count). The third-order valence-corrected chi connectivity index (χ3v) is 2.84. The van der Waals surface area contributed by atoms with Crippen LogP contribution in [0.5, 0.6) is 11.5 Å². The first-order valence-corrected chi connectivity index (χ1v) is 6.28.